The number of amides is 2. The Balaban J connectivity index is 1.40. The summed E-state index contributed by atoms with van der Waals surface area (Å²) in [6, 6.07) is 7.46. The second-order valence-corrected chi connectivity index (χ2v) is 8.93. The molecule has 6 nitrogen and oxygen atoms in total. The van der Waals surface area contributed by atoms with Crippen LogP contribution in [-0.2, 0) is 4.79 Å². The molecule has 0 atom stereocenters. The lowest BCUT2D eigenvalue weighted by Crippen LogP contribution is -2.41. The summed E-state index contributed by atoms with van der Waals surface area (Å²) < 4.78 is 0.937. The molecule has 3 N–H and O–H groups in total. The zero-order valence-corrected chi connectivity index (χ0v) is 20.1. The quantitative estimate of drug-likeness (QED) is 0.234. The normalized spacial score (nSPS) is 13.6. The molecule has 7 heteroatoms. The van der Waals surface area contributed by atoms with E-state index in [1.165, 1.54) is 44.6 Å². The summed E-state index contributed by atoms with van der Waals surface area (Å²) in [5, 5.41) is 0.915. The lowest BCUT2D eigenvalue weighted by atomic mass is 10.1. The molecule has 3 rings (SSSR count). The standard InChI is InChI=1S/C25H31BrN4O2/c1-2-3-4-5-6-7-14-30-15-8-9-19(18-30)10-13-24(31)28-29-25(32)23-17-20-16-21(26)11-12-22(20)27-23/h8-13,15-17,27H,2-7,14,18H2,1H3,(H,28,31)(H,29,32)/b13-10+. The number of unbranched alkanes of at least 4 members (excludes halogenated alkanes) is 5. The lowest BCUT2D eigenvalue weighted by Gasteiger charge is -2.23. The maximum absolute atomic E-state index is 12.3. The number of allylic oxidation sites excluding steroid dienone is 2. The maximum Gasteiger partial charge on any atom is 0.286 e. The minimum absolute atomic E-state index is 0.380. The Morgan fingerprint density at radius 3 is 2.78 bits per heavy atom. The van der Waals surface area contributed by atoms with Crippen molar-refractivity contribution in [3.8, 4) is 0 Å². The van der Waals surface area contributed by atoms with E-state index in [0.717, 1.165) is 34.0 Å². The van der Waals surface area contributed by atoms with Crippen LogP contribution in [0.3, 0.4) is 0 Å². The van der Waals surface area contributed by atoms with E-state index in [4.69, 9.17) is 0 Å². The van der Waals surface area contributed by atoms with Crippen LogP contribution in [0.5, 0.6) is 0 Å². The molecule has 1 aromatic heterocycles. The molecule has 1 aliphatic rings. The van der Waals surface area contributed by atoms with Gasteiger partial charge in [-0.25, -0.2) is 0 Å². The Morgan fingerprint density at radius 1 is 1.12 bits per heavy atom. The topological polar surface area (TPSA) is 77.2 Å². The molecule has 1 aliphatic heterocycles. The van der Waals surface area contributed by atoms with Gasteiger partial charge in [0.25, 0.3) is 11.8 Å². The molecule has 0 fully saturated rings. The number of nitrogens with zero attached hydrogens (tertiary/aromatic N) is 1. The molecule has 32 heavy (non-hydrogen) atoms. The SMILES string of the molecule is CCCCCCCCN1C=CC=C(/C=C/C(=O)NNC(=O)c2cc3cc(Br)ccc3[nH]2)C1. The number of aromatic nitrogens is 1. The number of aromatic amines is 1. The van der Waals surface area contributed by atoms with Crippen LogP contribution in [0.1, 0.15) is 55.9 Å². The van der Waals surface area contributed by atoms with Crippen molar-refractivity contribution in [1.82, 2.24) is 20.7 Å². The summed E-state index contributed by atoms with van der Waals surface area (Å²) in [4.78, 5) is 29.8. The van der Waals surface area contributed by atoms with Gasteiger partial charge in [-0.2, -0.15) is 0 Å². The molecule has 0 radical (unpaired) electrons. The van der Waals surface area contributed by atoms with E-state index in [0.29, 0.717) is 5.69 Å². The minimum atomic E-state index is -0.399. The summed E-state index contributed by atoms with van der Waals surface area (Å²) in [5.74, 6) is -0.779. The first-order valence-corrected chi connectivity index (χ1v) is 12.0. The van der Waals surface area contributed by atoms with Gasteiger partial charge in [0, 0.05) is 34.5 Å². The third-order valence-electron chi connectivity index (χ3n) is 5.37. The van der Waals surface area contributed by atoms with Gasteiger partial charge in [0.15, 0.2) is 0 Å². The van der Waals surface area contributed by atoms with Gasteiger partial charge in [-0.1, -0.05) is 67.1 Å². The predicted molar refractivity (Wildman–Crippen MR) is 133 cm³/mol. The smallest absolute Gasteiger partial charge is 0.286 e. The van der Waals surface area contributed by atoms with Crippen molar-refractivity contribution in [2.24, 2.45) is 0 Å². The highest BCUT2D eigenvalue weighted by molar-refractivity contribution is 9.10. The highest BCUT2D eigenvalue weighted by Crippen LogP contribution is 2.20. The fourth-order valence-electron chi connectivity index (χ4n) is 3.62. The van der Waals surface area contributed by atoms with Gasteiger partial charge in [0.2, 0.25) is 0 Å². The number of fused-ring (bicyclic) bond motifs is 1. The van der Waals surface area contributed by atoms with Crippen molar-refractivity contribution in [3.05, 3.63) is 70.5 Å². The lowest BCUT2D eigenvalue weighted by molar-refractivity contribution is -0.117. The van der Waals surface area contributed by atoms with E-state index < -0.39 is 5.91 Å². The van der Waals surface area contributed by atoms with Crippen LogP contribution in [0.2, 0.25) is 0 Å². The van der Waals surface area contributed by atoms with Crippen LogP contribution >= 0.6 is 15.9 Å². The second-order valence-electron chi connectivity index (χ2n) is 8.01. The first-order valence-electron chi connectivity index (χ1n) is 11.2. The molecule has 0 saturated heterocycles. The first-order chi connectivity index (χ1) is 15.5. The van der Waals surface area contributed by atoms with Gasteiger partial charge in [-0.3, -0.25) is 20.4 Å². The minimum Gasteiger partial charge on any atom is -0.373 e. The zero-order chi connectivity index (χ0) is 22.8. The van der Waals surface area contributed by atoms with Crippen LogP contribution in [-0.4, -0.2) is 34.8 Å². The Morgan fingerprint density at radius 2 is 1.94 bits per heavy atom. The van der Waals surface area contributed by atoms with Crippen LogP contribution in [0.4, 0.5) is 0 Å². The number of nitrogens with one attached hydrogen (secondary N) is 3. The van der Waals surface area contributed by atoms with Gasteiger partial charge in [-0.15, -0.1) is 0 Å². The van der Waals surface area contributed by atoms with Crippen molar-refractivity contribution in [1.29, 1.82) is 0 Å². The molecule has 0 spiro atoms. The fraction of sp³-hybridized carbons (Fsp3) is 0.360. The summed E-state index contributed by atoms with van der Waals surface area (Å²) in [6.07, 6.45) is 17.0. The number of benzene rings is 1. The van der Waals surface area contributed by atoms with E-state index in [9.17, 15) is 9.59 Å². The van der Waals surface area contributed by atoms with Crippen LogP contribution in [0.25, 0.3) is 10.9 Å². The highest BCUT2D eigenvalue weighted by Gasteiger charge is 2.10. The Hall–Kier alpha value is -2.80. The van der Waals surface area contributed by atoms with E-state index in [2.05, 4.69) is 49.8 Å². The number of rotatable bonds is 10. The number of hydrazine groups is 1. The number of hydrogen-bond acceptors (Lipinski definition) is 3. The molecule has 0 unspecified atom stereocenters. The van der Waals surface area contributed by atoms with E-state index in [1.54, 1.807) is 12.1 Å². The molecule has 0 aliphatic carbocycles. The number of halogens is 1. The number of hydrogen-bond donors (Lipinski definition) is 3. The van der Waals surface area contributed by atoms with Crippen molar-refractivity contribution in [2.75, 3.05) is 13.1 Å². The maximum atomic E-state index is 12.3. The fourth-order valence-corrected chi connectivity index (χ4v) is 4.00. The van der Waals surface area contributed by atoms with Gasteiger partial charge in [0.05, 0.1) is 0 Å². The Labute approximate surface area is 197 Å². The van der Waals surface area contributed by atoms with Crippen molar-refractivity contribution in [2.45, 2.75) is 45.4 Å². The molecule has 170 valence electrons. The average molecular weight is 499 g/mol. The molecular weight excluding hydrogens is 468 g/mol. The summed E-state index contributed by atoms with van der Waals surface area (Å²) in [6.45, 7) is 4.04. The Kier molecular flexibility index (Phi) is 9.16. The van der Waals surface area contributed by atoms with Gasteiger partial charge < -0.3 is 9.88 Å². The van der Waals surface area contributed by atoms with Crippen LogP contribution < -0.4 is 10.9 Å². The number of carbonyl (C=O) groups is 2. The molecule has 0 saturated carbocycles. The van der Waals surface area contributed by atoms with E-state index in [1.807, 2.05) is 30.4 Å². The van der Waals surface area contributed by atoms with Crippen molar-refractivity contribution >= 4 is 38.6 Å². The molecule has 0 bridgehead atoms. The molecule has 2 amide bonds. The molecular formula is C25H31BrN4O2. The van der Waals surface area contributed by atoms with E-state index >= 15 is 0 Å². The van der Waals surface area contributed by atoms with Gasteiger partial charge >= 0.3 is 0 Å². The zero-order valence-electron chi connectivity index (χ0n) is 18.5. The van der Waals surface area contributed by atoms with Crippen molar-refractivity contribution in [3.63, 3.8) is 0 Å². The first kappa shape index (κ1) is 23.9. The molecule has 2 heterocycles. The van der Waals surface area contributed by atoms with Crippen LogP contribution in [0, 0.1) is 0 Å². The number of carbonyl (C=O) groups excluding carboxylic acids is 2. The predicted octanol–water partition coefficient (Wildman–Crippen LogP) is 5.36. The van der Waals surface area contributed by atoms with Crippen molar-refractivity contribution < 1.29 is 9.59 Å². The highest BCUT2D eigenvalue weighted by atomic mass is 79.9. The van der Waals surface area contributed by atoms with Gasteiger partial charge in [-0.05, 0) is 48.5 Å². The average Bonchev–Trinajstić information content (AvgIpc) is 3.22. The van der Waals surface area contributed by atoms with Crippen LogP contribution in [0.15, 0.2) is 64.8 Å². The third-order valence-corrected chi connectivity index (χ3v) is 5.86. The monoisotopic (exact) mass is 498 g/mol. The van der Waals surface area contributed by atoms with E-state index in [-0.39, 0.29) is 5.91 Å². The number of H-pyrrole nitrogens is 1. The molecule has 2 aromatic rings. The Bertz CT molecular complexity index is 1020. The summed E-state index contributed by atoms with van der Waals surface area (Å²) in [5.41, 5.74) is 7.17. The summed E-state index contributed by atoms with van der Waals surface area (Å²) >= 11 is 3.41. The molecule has 1 aromatic carbocycles. The largest absolute Gasteiger partial charge is 0.373 e. The second kappa shape index (κ2) is 12.3. The third kappa shape index (κ3) is 7.41. The van der Waals surface area contributed by atoms with Gasteiger partial charge in [0.1, 0.15) is 5.69 Å². The summed E-state index contributed by atoms with van der Waals surface area (Å²) in [7, 11) is 0.